The van der Waals surface area contributed by atoms with Crippen LogP contribution >= 0.6 is 0 Å². The molecule has 3 atom stereocenters. The number of nitrogens with one attached hydrogen (secondary N) is 1. The summed E-state index contributed by atoms with van der Waals surface area (Å²) in [5, 5.41) is 3.17. The van der Waals surface area contributed by atoms with E-state index >= 15 is 0 Å². The lowest BCUT2D eigenvalue weighted by Crippen LogP contribution is -2.39. The number of benzene rings is 2. The Labute approximate surface area is 254 Å². The van der Waals surface area contributed by atoms with Crippen LogP contribution in [0.5, 0.6) is 0 Å². The summed E-state index contributed by atoms with van der Waals surface area (Å²) in [5.74, 6) is 0.489. The van der Waals surface area contributed by atoms with Crippen molar-refractivity contribution in [3.05, 3.63) is 119 Å². The third-order valence-corrected chi connectivity index (χ3v) is 9.40. The third kappa shape index (κ3) is 7.27. The minimum atomic E-state index is -0.0338. The molecular formula is C38H51N3O. The van der Waals surface area contributed by atoms with Crippen molar-refractivity contribution in [1.82, 2.24) is 15.1 Å². The van der Waals surface area contributed by atoms with Gasteiger partial charge in [-0.3, -0.25) is 4.79 Å². The molecule has 4 nitrogen and oxygen atoms in total. The molecule has 4 rings (SSSR count). The molecule has 0 aromatic heterocycles. The van der Waals surface area contributed by atoms with Crippen molar-refractivity contribution < 1.29 is 4.79 Å². The topological polar surface area (TPSA) is 35.6 Å². The summed E-state index contributed by atoms with van der Waals surface area (Å²) < 4.78 is 0. The number of nitrogens with zero attached hydrogens (tertiary/aromatic N) is 2. The Balaban J connectivity index is 1.42. The average molecular weight is 566 g/mol. The predicted octanol–water partition coefficient (Wildman–Crippen LogP) is 8.54. The Morgan fingerprint density at radius 3 is 2.57 bits per heavy atom. The Morgan fingerprint density at radius 1 is 1.12 bits per heavy atom. The molecule has 42 heavy (non-hydrogen) atoms. The molecule has 2 heterocycles. The van der Waals surface area contributed by atoms with E-state index in [0.29, 0.717) is 18.5 Å². The molecule has 1 N–H and O–H groups in total. The summed E-state index contributed by atoms with van der Waals surface area (Å²) in [6.07, 6.45) is 10.4. The molecule has 0 aliphatic carbocycles. The van der Waals surface area contributed by atoms with Gasteiger partial charge in [0.25, 0.3) is 5.91 Å². The average Bonchev–Trinajstić information content (AvgIpc) is 3.33. The number of fused-ring (bicyclic) bond motifs is 1. The van der Waals surface area contributed by atoms with Crippen LogP contribution in [0.1, 0.15) is 98.7 Å². The van der Waals surface area contributed by atoms with Crippen LogP contribution < -0.4 is 5.32 Å². The minimum absolute atomic E-state index is 0.0338. The maximum absolute atomic E-state index is 13.3. The molecular weight excluding hydrogens is 514 g/mol. The van der Waals surface area contributed by atoms with Crippen molar-refractivity contribution >= 4 is 5.91 Å². The second-order valence-corrected chi connectivity index (χ2v) is 12.4. The van der Waals surface area contributed by atoms with Crippen molar-refractivity contribution in [2.75, 3.05) is 13.6 Å². The van der Waals surface area contributed by atoms with E-state index in [-0.39, 0.29) is 11.9 Å². The van der Waals surface area contributed by atoms with E-state index < -0.39 is 0 Å². The van der Waals surface area contributed by atoms with Gasteiger partial charge in [-0.2, -0.15) is 0 Å². The Hall–Kier alpha value is -3.53. The van der Waals surface area contributed by atoms with Gasteiger partial charge in [0.15, 0.2) is 0 Å². The van der Waals surface area contributed by atoms with Gasteiger partial charge in [0.1, 0.15) is 0 Å². The lowest BCUT2D eigenvalue weighted by Gasteiger charge is -2.40. The van der Waals surface area contributed by atoms with Gasteiger partial charge >= 0.3 is 0 Å². The van der Waals surface area contributed by atoms with Gasteiger partial charge in [-0.1, -0.05) is 79.8 Å². The van der Waals surface area contributed by atoms with Crippen molar-refractivity contribution in [2.45, 2.75) is 96.7 Å². The van der Waals surface area contributed by atoms with Gasteiger partial charge in [-0.25, -0.2) is 0 Å². The number of allylic oxidation sites excluding steroid dienone is 3. The molecule has 0 spiro atoms. The molecule has 0 saturated carbocycles. The van der Waals surface area contributed by atoms with Crippen LogP contribution in [0.2, 0.25) is 0 Å². The van der Waals surface area contributed by atoms with Gasteiger partial charge < -0.3 is 15.1 Å². The fraction of sp³-hybridized carbons (Fsp3) is 0.447. The van der Waals surface area contributed by atoms with E-state index in [1.807, 2.05) is 24.1 Å². The van der Waals surface area contributed by atoms with Crippen molar-refractivity contribution in [3.8, 4) is 0 Å². The SMILES string of the molecule is C=CCCC(C(=C)NC)N1Cc2cc(CCC3CCCCN3C(=C)CC(=C(C)C)C(C)c3ccccc3)ccc2C1=O. The number of amides is 1. The van der Waals surface area contributed by atoms with E-state index in [9.17, 15) is 4.79 Å². The van der Waals surface area contributed by atoms with Crippen LogP contribution in [0.25, 0.3) is 0 Å². The van der Waals surface area contributed by atoms with E-state index in [1.54, 1.807) is 0 Å². The van der Waals surface area contributed by atoms with E-state index in [1.165, 1.54) is 47.2 Å². The number of piperidine rings is 1. The van der Waals surface area contributed by atoms with Crippen LogP contribution in [-0.4, -0.2) is 41.4 Å². The molecule has 2 aliphatic heterocycles. The molecule has 1 amide bonds. The molecule has 1 fully saturated rings. The lowest BCUT2D eigenvalue weighted by atomic mass is 9.86. The summed E-state index contributed by atoms with van der Waals surface area (Å²) in [5.41, 5.74) is 9.67. The van der Waals surface area contributed by atoms with Crippen LogP contribution in [0, 0.1) is 0 Å². The first kappa shape index (κ1) is 31.4. The van der Waals surface area contributed by atoms with E-state index in [0.717, 1.165) is 55.5 Å². The van der Waals surface area contributed by atoms with Crippen LogP contribution in [0.4, 0.5) is 0 Å². The lowest BCUT2D eigenvalue weighted by molar-refractivity contribution is 0.0719. The summed E-state index contributed by atoms with van der Waals surface area (Å²) >= 11 is 0. The zero-order chi connectivity index (χ0) is 30.2. The molecule has 2 aromatic rings. The highest BCUT2D eigenvalue weighted by molar-refractivity contribution is 5.98. The summed E-state index contributed by atoms with van der Waals surface area (Å²) in [7, 11) is 1.88. The molecule has 1 saturated heterocycles. The Morgan fingerprint density at radius 2 is 1.88 bits per heavy atom. The normalized spacial score (nSPS) is 17.8. The van der Waals surface area contributed by atoms with E-state index in [4.69, 9.17) is 0 Å². The monoisotopic (exact) mass is 565 g/mol. The first-order chi connectivity index (χ1) is 20.2. The third-order valence-electron chi connectivity index (χ3n) is 9.40. The largest absolute Gasteiger partial charge is 0.390 e. The summed E-state index contributed by atoms with van der Waals surface area (Å²) in [6, 6.07) is 17.8. The van der Waals surface area contributed by atoms with Gasteiger partial charge in [0, 0.05) is 55.5 Å². The van der Waals surface area contributed by atoms with Gasteiger partial charge in [-0.05, 0) is 81.5 Å². The number of rotatable bonds is 14. The van der Waals surface area contributed by atoms with Crippen LogP contribution in [-0.2, 0) is 13.0 Å². The molecule has 0 radical (unpaired) electrons. The van der Waals surface area contributed by atoms with Crippen LogP contribution in [0.15, 0.2) is 96.9 Å². The highest BCUT2D eigenvalue weighted by Crippen LogP contribution is 2.35. The molecule has 0 bridgehead atoms. The zero-order valence-electron chi connectivity index (χ0n) is 26.4. The number of hydrogen-bond donors (Lipinski definition) is 1. The number of hydrogen-bond acceptors (Lipinski definition) is 3. The molecule has 4 heteroatoms. The minimum Gasteiger partial charge on any atom is -0.390 e. The second-order valence-electron chi connectivity index (χ2n) is 12.4. The quantitative estimate of drug-likeness (QED) is 0.233. The fourth-order valence-electron chi connectivity index (χ4n) is 6.84. The standard InChI is InChI=1S/C38H51N3O/c1-8-9-18-37(30(6)39-7)41-26-33-25-31(20-22-35(33)38(41)42)19-21-34-17-13-14-23-40(34)28(4)24-36(27(2)3)29(5)32-15-11-10-12-16-32/h8,10-12,15-16,20,22,25,29,34,37,39H,1,4,6,9,13-14,17-19,21,23-24,26H2,2-3,5,7H3. The predicted molar refractivity (Wildman–Crippen MR) is 177 cm³/mol. The van der Waals surface area contributed by atoms with Gasteiger partial charge in [0.2, 0.25) is 0 Å². The molecule has 224 valence electrons. The van der Waals surface area contributed by atoms with Crippen LogP contribution in [0.3, 0.4) is 0 Å². The molecule has 2 aromatic carbocycles. The highest BCUT2D eigenvalue weighted by atomic mass is 16.2. The van der Waals surface area contributed by atoms with Crippen molar-refractivity contribution in [1.29, 1.82) is 0 Å². The maximum atomic E-state index is 13.3. The summed E-state index contributed by atoms with van der Waals surface area (Å²) in [6.45, 7) is 21.2. The maximum Gasteiger partial charge on any atom is 0.255 e. The fourth-order valence-corrected chi connectivity index (χ4v) is 6.84. The number of carbonyl (C=O) groups is 1. The van der Waals surface area contributed by atoms with Crippen molar-refractivity contribution in [3.63, 3.8) is 0 Å². The van der Waals surface area contributed by atoms with Gasteiger partial charge in [0.05, 0.1) is 6.04 Å². The Kier molecular flexibility index (Phi) is 10.9. The number of likely N-dealkylation sites (tertiary alicyclic amines) is 1. The second kappa shape index (κ2) is 14.6. The van der Waals surface area contributed by atoms with E-state index in [2.05, 4.69) is 93.2 Å². The smallest absolute Gasteiger partial charge is 0.255 e. The number of carbonyl (C=O) groups excluding carboxylic acids is 1. The zero-order valence-corrected chi connectivity index (χ0v) is 26.4. The molecule has 3 unspecified atom stereocenters. The van der Waals surface area contributed by atoms with Crippen molar-refractivity contribution in [2.24, 2.45) is 0 Å². The van der Waals surface area contributed by atoms with Gasteiger partial charge in [-0.15, -0.1) is 6.58 Å². The summed E-state index contributed by atoms with van der Waals surface area (Å²) in [4.78, 5) is 17.9. The number of likely N-dealkylation sites (N-methyl/N-ethyl adjacent to an activating group) is 1. The first-order valence-corrected chi connectivity index (χ1v) is 15.8. The first-order valence-electron chi connectivity index (χ1n) is 15.8. The highest BCUT2D eigenvalue weighted by Gasteiger charge is 2.34. The molecule has 2 aliphatic rings. The number of aryl methyl sites for hydroxylation is 1. The Bertz CT molecular complexity index is 1300.